The normalized spacial score (nSPS) is 21.9. The fourth-order valence-electron chi connectivity index (χ4n) is 2.96. The molecule has 1 aliphatic heterocycles. The van der Waals surface area contributed by atoms with Gasteiger partial charge in [0.25, 0.3) is 0 Å². The van der Waals surface area contributed by atoms with E-state index < -0.39 is 0 Å². The standard InChI is InChI=1S/C14H25N3O2/c18-13(11-17-9-5-1-2-6-10-17)16-14(19)15-12-7-3-4-8-12/h12H,1-11H2,(H2,15,16,18,19). The Morgan fingerprint density at radius 1 is 0.947 bits per heavy atom. The minimum absolute atomic E-state index is 0.183. The molecule has 1 aliphatic carbocycles. The van der Waals surface area contributed by atoms with Gasteiger partial charge in [0, 0.05) is 6.04 Å². The van der Waals surface area contributed by atoms with Gasteiger partial charge >= 0.3 is 6.03 Å². The van der Waals surface area contributed by atoms with Crippen LogP contribution in [0, 0.1) is 0 Å². The number of amides is 3. The van der Waals surface area contributed by atoms with E-state index in [0.29, 0.717) is 6.54 Å². The van der Waals surface area contributed by atoms with E-state index in [1.54, 1.807) is 0 Å². The number of nitrogens with one attached hydrogen (secondary N) is 2. The molecule has 2 N–H and O–H groups in total. The highest BCUT2D eigenvalue weighted by Gasteiger charge is 2.19. The van der Waals surface area contributed by atoms with E-state index in [1.807, 2.05) is 0 Å². The molecule has 19 heavy (non-hydrogen) atoms. The molecule has 1 saturated carbocycles. The highest BCUT2D eigenvalue weighted by molar-refractivity contribution is 5.95. The van der Waals surface area contributed by atoms with E-state index in [4.69, 9.17) is 0 Å². The second kappa shape index (κ2) is 7.48. The van der Waals surface area contributed by atoms with Gasteiger partial charge in [0.1, 0.15) is 0 Å². The number of hydrogen-bond acceptors (Lipinski definition) is 3. The fourth-order valence-corrected chi connectivity index (χ4v) is 2.96. The highest BCUT2D eigenvalue weighted by Crippen LogP contribution is 2.17. The van der Waals surface area contributed by atoms with E-state index in [0.717, 1.165) is 38.8 Å². The molecule has 0 bridgehead atoms. The Morgan fingerprint density at radius 3 is 2.21 bits per heavy atom. The molecule has 1 saturated heterocycles. The van der Waals surface area contributed by atoms with Crippen molar-refractivity contribution in [3.8, 4) is 0 Å². The van der Waals surface area contributed by atoms with Crippen molar-refractivity contribution in [2.75, 3.05) is 19.6 Å². The van der Waals surface area contributed by atoms with Crippen LogP contribution in [0.3, 0.4) is 0 Å². The van der Waals surface area contributed by atoms with Crippen LogP contribution in [-0.4, -0.2) is 42.5 Å². The number of imide groups is 1. The smallest absolute Gasteiger partial charge is 0.321 e. The molecule has 2 fully saturated rings. The van der Waals surface area contributed by atoms with Gasteiger partial charge in [0.2, 0.25) is 5.91 Å². The summed E-state index contributed by atoms with van der Waals surface area (Å²) in [7, 11) is 0. The van der Waals surface area contributed by atoms with Gasteiger partial charge in [-0.15, -0.1) is 0 Å². The first-order valence-electron chi connectivity index (χ1n) is 7.57. The predicted octanol–water partition coefficient (Wildman–Crippen LogP) is 1.63. The molecule has 0 unspecified atom stereocenters. The third-order valence-corrected chi connectivity index (χ3v) is 4.01. The number of nitrogens with zero attached hydrogens (tertiary/aromatic N) is 1. The van der Waals surface area contributed by atoms with Crippen LogP contribution in [0.5, 0.6) is 0 Å². The SMILES string of the molecule is O=C(CN1CCCCCC1)NC(=O)NC1CCCC1. The van der Waals surface area contributed by atoms with Crippen LogP contribution in [0.25, 0.3) is 0 Å². The second-order valence-electron chi connectivity index (χ2n) is 5.69. The molecule has 1 heterocycles. The Hall–Kier alpha value is -1.10. The van der Waals surface area contributed by atoms with E-state index in [-0.39, 0.29) is 18.0 Å². The van der Waals surface area contributed by atoms with Crippen molar-refractivity contribution in [2.24, 2.45) is 0 Å². The molecule has 0 atom stereocenters. The number of hydrogen-bond donors (Lipinski definition) is 2. The summed E-state index contributed by atoms with van der Waals surface area (Å²) in [5.74, 6) is -0.183. The zero-order chi connectivity index (χ0) is 13.5. The van der Waals surface area contributed by atoms with Gasteiger partial charge in [0.05, 0.1) is 6.54 Å². The highest BCUT2D eigenvalue weighted by atomic mass is 16.2. The van der Waals surface area contributed by atoms with Crippen LogP contribution >= 0.6 is 0 Å². The number of carbonyl (C=O) groups is 2. The van der Waals surface area contributed by atoms with Gasteiger partial charge in [-0.1, -0.05) is 25.7 Å². The van der Waals surface area contributed by atoms with Crippen molar-refractivity contribution < 1.29 is 9.59 Å². The first kappa shape index (κ1) is 14.3. The van der Waals surface area contributed by atoms with Gasteiger partial charge < -0.3 is 5.32 Å². The first-order chi connectivity index (χ1) is 9.24. The molecule has 0 aromatic heterocycles. The Morgan fingerprint density at radius 2 is 1.58 bits per heavy atom. The van der Waals surface area contributed by atoms with Gasteiger partial charge in [-0.05, 0) is 38.8 Å². The summed E-state index contributed by atoms with van der Waals surface area (Å²) in [6.45, 7) is 2.29. The lowest BCUT2D eigenvalue weighted by Gasteiger charge is -2.19. The van der Waals surface area contributed by atoms with Gasteiger partial charge in [0.15, 0.2) is 0 Å². The number of rotatable bonds is 3. The monoisotopic (exact) mass is 267 g/mol. The Balaban J connectivity index is 1.66. The lowest BCUT2D eigenvalue weighted by atomic mass is 10.2. The van der Waals surface area contributed by atoms with Crippen molar-refractivity contribution >= 4 is 11.9 Å². The first-order valence-corrected chi connectivity index (χ1v) is 7.57. The zero-order valence-electron chi connectivity index (χ0n) is 11.6. The number of likely N-dealkylation sites (tertiary alicyclic amines) is 1. The Bertz CT molecular complexity index is 306. The van der Waals surface area contributed by atoms with Gasteiger partial charge in [-0.2, -0.15) is 0 Å². The Labute approximate surface area is 115 Å². The molecule has 0 aromatic carbocycles. The molecule has 0 spiro atoms. The van der Waals surface area contributed by atoms with Crippen molar-refractivity contribution in [1.82, 2.24) is 15.5 Å². The van der Waals surface area contributed by atoms with Crippen LogP contribution in [0.15, 0.2) is 0 Å². The number of carbonyl (C=O) groups excluding carboxylic acids is 2. The molecule has 108 valence electrons. The van der Waals surface area contributed by atoms with Gasteiger partial charge in [-0.25, -0.2) is 4.79 Å². The lowest BCUT2D eigenvalue weighted by molar-refractivity contribution is -0.121. The maximum Gasteiger partial charge on any atom is 0.321 e. The molecular weight excluding hydrogens is 242 g/mol. The van der Waals surface area contributed by atoms with E-state index in [2.05, 4.69) is 15.5 Å². The molecule has 0 radical (unpaired) electrons. The molecule has 2 rings (SSSR count). The quantitative estimate of drug-likeness (QED) is 0.817. The summed E-state index contributed by atoms with van der Waals surface area (Å²) in [6, 6.07) is -0.0716. The van der Waals surface area contributed by atoms with Crippen molar-refractivity contribution in [3.05, 3.63) is 0 Å². The molecule has 5 nitrogen and oxygen atoms in total. The van der Waals surface area contributed by atoms with Crippen molar-refractivity contribution in [2.45, 2.75) is 57.4 Å². The molecular formula is C14H25N3O2. The molecule has 5 heteroatoms. The minimum Gasteiger partial charge on any atom is -0.335 e. The maximum absolute atomic E-state index is 11.8. The summed E-state index contributed by atoms with van der Waals surface area (Å²) in [5, 5.41) is 5.31. The molecule has 0 aromatic rings. The van der Waals surface area contributed by atoms with Crippen LogP contribution in [0.2, 0.25) is 0 Å². The summed E-state index contributed by atoms with van der Waals surface area (Å²) in [6.07, 6.45) is 9.23. The average Bonchev–Trinajstić information content (AvgIpc) is 2.72. The summed E-state index contributed by atoms with van der Waals surface area (Å²) in [5.41, 5.74) is 0. The summed E-state index contributed by atoms with van der Waals surface area (Å²) in [4.78, 5) is 25.6. The fraction of sp³-hybridized carbons (Fsp3) is 0.857. The largest absolute Gasteiger partial charge is 0.335 e. The molecule has 2 aliphatic rings. The van der Waals surface area contributed by atoms with E-state index in [9.17, 15) is 9.59 Å². The third kappa shape index (κ3) is 5.19. The van der Waals surface area contributed by atoms with Crippen LogP contribution in [0.4, 0.5) is 4.79 Å². The van der Waals surface area contributed by atoms with Crippen LogP contribution < -0.4 is 10.6 Å². The second-order valence-corrected chi connectivity index (χ2v) is 5.69. The van der Waals surface area contributed by atoms with E-state index in [1.165, 1.54) is 25.7 Å². The van der Waals surface area contributed by atoms with Crippen molar-refractivity contribution in [3.63, 3.8) is 0 Å². The lowest BCUT2D eigenvalue weighted by Crippen LogP contribution is -2.47. The van der Waals surface area contributed by atoms with Crippen LogP contribution in [-0.2, 0) is 4.79 Å². The minimum atomic E-state index is -0.327. The van der Waals surface area contributed by atoms with Crippen molar-refractivity contribution in [1.29, 1.82) is 0 Å². The van der Waals surface area contributed by atoms with E-state index >= 15 is 0 Å². The summed E-state index contributed by atoms with van der Waals surface area (Å²) >= 11 is 0. The average molecular weight is 267 g/mol. The summed E-state index contributed by atoms with van der Waals surface area (Å²) < 4.78 is 0. The number of urea groups is 1. The van der Waals surface area contributed by atoms with Gasteiger partial charge in [-0.3, -0.25) is 15.0 Å². The topological polar surface area (TPSA) is 61.4 Å². The Kier molecular flexibility index (Phi) is 5.63. The molecule has 3 amide bonds. The zero-order valence-corrected chi connectivity index (χ0v) is 11.6. The van der Waals surface area contributed by atoms with Crippen LogP contribution in [0.1, 0.15) is 51.4 Å². The predicted molar refractivity (Wildman–Crippen MR) is 73.8 cm³/mol. The third-order valence-electron chi connectivity index (χ3n) is 4.01. The maximum atomic E-state index is 11.8.